The Morgan fingerprint density at radius 2 is 1.92 bits per heavy atom. The SMILES string of the molecule is N#CC(c1cccs1)N1CCN(C(=O)COc2ccccc2)CC1. The summed E-state index contributed by atoms with van der Waals surface area (Å²) in [5.41, 5.74) is 0. The highest BCUT2D eigenvalue weighted by Crippen LogP contribution is 2.25. The van der Waals surface area contributed by atoms with Crippen molar-refractivity contribution in [3.05, 3.63) is 52.7 Å². The third kappa shape index (κ3) is 3.94. The number of ether oxygens (including phenoxy) is 1. The lowest BCUT2D eigenvalue weighted by atomic mass is 10.2. The fourth-order valence-corrected chi connectivity index (χ4v) is 3.56. The zero-order valence-corrected chi connectivity index (χ0v) is 14.1. The minimum Gasteiger partial charge on any atom is -0.484 e. The lowest BCUT2D eigenvalue weighted by molar-refractivity contribution is -0.135. The van der Waals surface area contributed by atoms with Gasteiger partial charge < -0.3 is 9.64 Å². The fraction of sp³-hybridized carbons (Fsp3) is 0.333. The molecule has 2 heterocycles. The number of nitrogens with zero attached hydrogens (tertiary/aromatic N) is 3. The van der Waals surface area contributed by atoms with E-state index in [1.807, 2.05) is 52.7 Å². The van der Waals surface area contributed by atoms with Crippen LogP contribution in [-0.4, -0.2) is 48.5 Å². The summed E-state index contributed by atoms with van der Waals surface area (Å²) in [4.78, 5) is 17.3. The third-order valence-corrected chi connectivity index (χ3v) is 5.00. The Balaban J connectivity index is 1.49. The summed E-state index contributed by atoms with van der Waals surface area (Å²) >= 11 is 1.60. The summed E-state index contributed by atoms with van der Waals surface area (Å²) in [7, 11) is 0. The normalized spacial score (nSPS) is 16.4. The zero-order valence-electron chi connectivity index (χ0n) is 13.3. The molecule has 1 fully saturated rings. The molecular weight excluding hydrogens is 322 g/mol. The van der Waals surface area contributed by atoms with Gasteiger partial charge in [-0.15, -0.1) is 11.3 Å². The zero-order chi connectivity index (χ0) is 16.8. The maximum atomic E-state index is 12.3. The molecule has 24 heavy (non-hydrogen) atoms. The summed E-state index contributed by atoms with van der Waals surface area (Å²) in [6.07, 6.45) is 0. The first-order valence-corrected chi connectivity index (χ1v) is 8.78. The molecule has 1 saturated heterocycles. The van der Waals surface area contributed by atoms with E-state index in [0.717, 1.165) is 4.88 Å². The van der Waals surface area contributed by atoms with Crippen molar-refractivity contribution >= 4 is 17.2 Å². The van der Waals surface area contributed by atoms with Gasteiger partial charge in [-0.05, 0) is 23.6 Å². The van der Waals surface area contributed by atoms with Gasteiger partial charge in [0.1, 0.15) is 11.8 Å². The van der Waals surface area contributed by atoms with Crippen molar-refractivity contribution in [2.75, 3.05) is 32.8 Å². The smallest absolute Gasteiger partial charge is 0.260 e. The largest absolute Gasteiger partial charge is 0.484 e. The highest BCUT2D eigenvalue weighted by molar-refractivity contribution is 7.10. The van der Waals surface area contributed by atoms with Crippen molar-refractivity contribution < 1.29 is 9.53 Å². The summed E-state index contributed by atoms with van der Waals surface area (Å²) in [5, 5.41) is 11.4. The van der Waals surface area contributed by atoms with E-state index in [2.05, 4.69) is 11.0 Å². The summed E-state index contributed by atoms with van der Waals surface area (Å²) in [6, 6.07) is 15.5. The first kappa shape index (κ1) is 16.5. The Kier molecular flexibility index (Phi) is 5.47. The Labute approximate surface area is 145 Å². The lowest BCUT2D eigenvalue weighted by Crippen LogP contribution is -2.50. The second kappa shape index (κ2) is 7.95. The van der Waals surface area contributed by atoms with Gasteiger partial charge in [-0.25, -0.2) is 0 Å². The van der Waals surface area contributed by atoms with Crippen molar-refractivity contribution in [2.24, 2.45) is 0 Å². The maximum Gasteiger partial charge on any atom is 0.260 e. The molecule has 0 radical (unpaired) electrons. The molecule has 1 aromatic heterocycles. The number of hydrogen-bond acceptors (Lipinski definition) is 5. The van der Waals surface area contributed by atoms with Gasteiger partial charge in [0.25, 0.3) is 5.91 Å². The Hall–Kier alpha value is -2.36. The molecule has 6 heteroatoms. The van der Waals surface area contributed by atoms with E-state index in [0.29, 0.717) is 31.9 Å². The van der Waals surface area contributed by atoms with Crippen molar-refractivity contribution in [3.63, 3.8) is 0 Å². The highest BCUT2D eigenvalue weighted by Gasteiger charge is 2.27. The molecule has 1 atom stereocenters. The average molecular weight is 341 g/mol. The third-order valence-electron chi connectivity index (χ3n) is 4.07. The van der Waals surface area contributed by atoms with Crippen molar-refractivity contribution in [1.29, 1.82) is 5.26 Å². The summed E-state index contributed by atoms with van der Waals surface area (Å²) in [6.45, 7) is 2.71. The number of benzene rings is 1. The molecule has 2 aromatic rings. The number of carbonyl (C=O) groups excluding carboxylic acids is 1. The van der Waals surface area contributed by atoms with E-state index in [9.17, 15) is 10.1 Å². The molecule has 1 unspecified atom stereocenters. The first-order chi connectivity index (χ1) is 11.8. The minimum atomic E-state index is -0.220. The first-order valence-electron chi connectivity index (χ1n) is 7.90. The second-order valence-electron chi connectivity index (χ2n) is 5.57. The molecular formula is C18H19N3O2S. The monoisotopic (exact) mass is 341 g/mol. The van der Waals surface area contributed by atoms with Crippen LogP contribution in [0.25, 0.3) is 0 Å². The summed E-state index contributed by atoms with van der Waals surface area (Å²) in [5.74, 6) is 0.690. The van der Waals surface area contributed by atoms with Crippen molar-refractivity contribution in [3.8, 4) is 11.8 Å². The van der Waals surface area contributed by atoms with Gasteiger partial charge in [0.15, 0.2) is 6.61 Å². The van der Waals surface area contributed by atoms with Crippen molar-refractivity contribution in [2.45, 2.75) is 6.04 Å². The molecule has 1 amide bonds. The van der Waals surface area contributed by atoms with Crippen molar-refractivity contribution in [1.82, 2.24) is 9.80 Å². The summed E-state index contributed by atoms with van der Waals surface area (Å²) < 4.78 is 5.52. The van der Waals surface area contributed by atoms with Gasteiger partial charge in [0.05, 0.1) is 6.07 Å². The number of amides is 1. The molecule has 0 spiro atoms. The van der Waals surface area contributed by atoms with Gasteiger partial charge in [0.2, 0.25) is 0 Å². The highest BCUT2D eigenvalue weighted by atomic mass is 32.1. The van der Waals surface area contributed by atoms with Crippen LogP contribution >= 0.6 is 11.3 Å². The topological polar surface area (TPSA) is 56.6 Å². The minimum absolute atomic E-state index is 0.0110. The molecule has 0 N–H and O–H groups in total. The number of hydrogen-bond donors (Lipinski definition) is 0. The predicted octanol–water partition coefficient (Wildman–Crippen LogP) is 2.54. The molecule has 0 bridgehead atoms. The van der Waals surface area contributed by atoms with Crippen LogP contribution in [0.2, 0.25) is 0 Å². The average Bonchev–Trinajstić information content (AvgIpc) is 3.16. The van der Waals surface area contributed by atoms with Crippen LogP contribution < -0.4 is 4.74 Å². The van der Waals surface area contributed by atoms with Gasteiger partial charge in [0, 0.05) is 31.1 Å². The Morgan fingerprint density at radius 1 is 1.17 bits per heavy atom. The number of rotatable bonds is 5. The lowest BCUT2D eigenvalue weighted by Gasteiger charge is -2.36. The van der Waals surface area contributed by atoms with Gasteiger partial charge in [-0.1, -0.05) is 24.3 Å². The molecule has 0 saturated carbocycles. The molecule has 0 aliphatic carbocycles. The molecule has 1 aliphatic heterocycles. The number of nitriles is 1. The molecule has 1 aliphatic rings. The van der Waals surface area contributed by atoms with Crippen LogP contribution in [0, 0.1) is 11.3 Å². The number of para-hydroxylation sites is 1. The molecule has 3 rings (SSSR count). The molecule has 1 aromatic carbocycles. The van der Waals surface area contributed by atoms with E-state index < -0.39 is 0 Å². The van der Waals surface area contributed by atoms with Crippen LogP contribution in [0.5, 0.6) is 5.75 Å². The van der Waals surface area contributed by atoms with Crippen LogP contribution in [0.3, 0.4) is 0 Å². The van der Waals surface area contributed by atoms with Gasteiger partial charge in [-0.3, -0.25) is 9.69 Å². The van der Waals surface area contributed by atoms with Crippen LogP contribution in [0.15, 0.2) is 47.8 Å². The van der Waals surface area contributed by atoms with E-state index in [1.54, 1.807) is 11.3 Å². The standard InChI is InChI=1S/C18H19N3O2S/c19-13-16(17-7-4-12-24-17)20-8-10-21(11-9-20)18(22)14-23-15-5-2-1-3-6-15/h1-7,12,16H,8-11,14H2. The van der Waals surface area contributed by atoms with Crippen LogP contribution in [-0.2, 0) is 4.79 Å². The van der Waals surface area contributed by atoms with Crippen LogP contribution in [0.1, 0.15) is 10.9 Å². The Morgan fingerprint density at radius 3 is 2.54 bits per heavy atom. The number of carbonyl (C=O) groups is 1. The second-order valence-corrected chi connectivity index (χ2v) is 6.54. The quantitative estimate of drug-likeness (QED) is 0.839. The fourth-order valence-electron chi connectivity index (χ4n) is 2.75. The van der Waals surface area contributed by atoms with E-state index in [1.165, 1.54) is 0 Å². The molecule has 5 nitrogen and oxygen atoms in total. The van der Waals surface area contributed by atoms with E-state index in [-0.39, 0.29) is 18.6 Å². The van der Waals surface area contributed by atoms with Gasteiger partial charge in [-0.2, -0.15) is 5.26 Å². The number of piperazine rings is 1. The van der Waals surface area contributed by atoms with E-state index in [4.69, 9.17) is 4.74 Å². The predicted molar refractivity (Wildman–Crippen MR) is 92.8 cm³/mol. The Bertz CT molecular complexity index is 689. The van der Waals surface area contributed by atoms with Crippen LogP contribution in [0.4, 0.5) is 0 Å². The van der Waals surface area contributed by atoms with E-state index >= 15 is 0 Å². The maximum absolute atomic E-state index is 12.3. The van der Waals surface area contributed by atoms with Gasteiger partial charge >= 0.3 is 0 Å². The molecule has 124 valence electrons. The number of thiophene rings is 1.